The van der Waals surface area contributed by atoms with Gasteiger partial charge in [-0.3, -0.25) is 0 Å². The largest absolute Gasteiger partial charge is 0.549 e. The second kappa shape index (κ2) is 9.29. The molecule has 150 valence electrons. The molecule has 1 heterocycles. The van der Waals surface area contributed by atoms with Crippen LogP contribution in [0.3, 0.4) is 0 Å². The fourth-order valence-corrected chi connectivity index (χ4v) is 4.35. The minimum atomic E-state index is -1.23. The molecule has 0 amide bonds. The summed E-state index contributed by atoms with van der Waals surface area (Å²) >= 11 is 1.02. The second-order valence-corrected chi connectivity index (χ2v) is 7.90. The van der Waals surface area contributed by atoms with Gasteiger partial charge in [-0.25, -0.2) is 4.98 Å². The molecule has 4 rings (SSSR count). The molecule has 0 fully saturated rings. The summed E-state index contributed by atoms with van der Waals surface area (Å²) in [5.74, 6) is -1.23. The van der Waals surface area contributed by atoms with Crippen LogP contribution in [0.15, 0.2) is 102 Å². The van der Waals surface area contributed by atoms with E-state index in [1.807, 2.05) is 72.8 Å². The molecule has 1 atom stereocenters. The Morgan fingerprint density at radius 2 is 1.42 bits per heavy atom. The number of carboxylic acid groups (broad SMARTS) is 1. The molecule has 31 heavy (non-hydrogen) atoms. The van der Waals surface area contributed by atoms with E-state index < -0.39 is 11.2 Å². The molecular weight excluding hydrogens is 404 g/mol. The zero-order valence-corrected chi connectivity index (χ0v) is 17.3. The Labute approximate surface area is 184 Å². The lowest BCUT2D eigenvalue weighted by Gasteiger charge is -2.20. The van der Waals surface area contributed by atoms with Crippen molar-refractivity contribution in [2.75, 3.05) is 0 Å². The van der Waals surface area contributed by atoms with Gasteiger partial charge < -0.3 is 9.90 Å². The lowest BCUT2D eigenvalue weighted by Crippen LogP contribution is -2.28. The normalized spacial score (nSPS) is 11.5. The van der Waals surface area contributed by atoms with Crippen LogP contribution < -0.4 is 5.11 Å². The highest BCUT2D eigenvalue weighted by Crippen LogP contribution is 2.40. The number of carbonyl (C=O) groups is 1. The zero-order valence-electron chi connectivity index (χ0n) is 16.4. The molecule has 0 aliphatic carbocycles. The van der Waals surface area contributed by atoms with Crippen LogP contribution in [0.4, 0.5) is 0 Å². The maximum absolute atomic E-state index is 12.0. The third-order valence-electron chi connectivity index (χ3n) is 4.80. The van der Waals surface area contributed by atoms with Crippen molar-refractivity contribution in [3.8, 4) is 28.5 Å². The average Bonchev–Trinajstić information content (AvgIpc) is 2.83. The minimum Gasteiger partial charge on any atom is -0.549 e. The molecule has 4 nitrogen and oxygen atoms in total. The highest BCUT2D eigenvalue weighted by molar-refractivity contribution is 8.00. The molecule has 0 aliphatic rings. The van der Waals surface area contributed by atoms with Gasteiger partial charge in [0.2, 0.25) is 0 Å². The molecule has 1 aromatic heterocycles. The molecule has 4 aromatic rings. The number of carboxylic acids is 1. The summed E-state index contributed by atoms with van der Waals surface area (Å²) in [6.45, 7) is 0. The Balaban J connectivity index is 1.90. The highest BCUT2D eigenvalue weighted by atomic mass is 32.2. The van der Waals surface area contributed by atoms with Crippen molar-refractivity contribution in [3.05, 3.63) is 108 Å². The average molecular weight is 422 g/mol. The van der Waals surface area contributed by atoms with Gasteiger partial charge in [0.1, 0.15) is 11.1 Å². The van der Waals surface area contributed by atoms with Gasteiger partial charge in [0.15, 0.2) is 0 Å². The predicted octanol–water partition coefficient (Wildman–Crippen LogP) is 4.87. The summed E-state index contributed by atoms with van der Waals surface area (Å²) in [4.78, 5) is 16.7. The smallest absolute Gasteiger partial charge is 0.116 e. The van der Waals surface area contributed by atoms with Crippen LogP contribution in [0, 0.1) is 11.3 Å². The van der Waals surface area contributed by atoms with Crippen LogP contribution in [0.5, 0.6) is 0 Å². The van der Waals surface area contributed by atoms with Gasteiger partial charge in [-0.05, 0) is 17.2 Å². The first-order valence-electron chi connectivity index (χ1n) is 9.66. The van der Waals surface area contributed by atoms with Crippen molar-refractivity contribution < 1.29 is 9.90 Å². The van der Waals surface area contributed by atoms with Crippen LogP contribution in [-0.4, -0.2) is 11.0 Å². The Morgan fingerprint density at radius 1 is 0.871 bits per heavy atom. The van der Waals surface area contributed by atoms with Gasteiger partial charge in [-0.15, -0.1) is 0 Å². The lowest BCUT2D eigenvalue weighted by molar-refractivity contribution is -0.305. The molecule has 3 aromatic carbocycles. The number of hydrogen-bond donors (Lipinski definition) is 0. The Hall–Kier alpha value is -3.88. The first-order chi connectivity index (χ1) is 15.2. The van der Waals surface area contributed by atoms with E-state index >= 15 is 0 Å². The standard InChI is InChI=1S/C26H18N2O2S/c27-17-22-21(18-10-4-1-5-11-18)16-23(19-12-6-2-7-13-19)28-25(22)31-24(26(29)30)20-14-8-3-9-15-20/h1-16,24H,(H,29,30)/p-1/t24-/m1/s1. The van der Waals surface area contributed by atoms with Crippen LogP contribution >= 0.6 is 11.8 Å². The molecule has 0 aliphatic heterocycles. The number of aliphatic carboxylic acids is 1. The molecule has 0 N–H and O–H groups in total. The van der Waals surface area contributed by atoms with Crippen LogP contribution in [0.1, 0.15) is 16.4 Å². The number of nitriles is 1. The first-order valence-corrected chi connectivity index (χ1v) is 10.5. The lowest BCUT2D eigenvalue weighted by atomic mass is 9.99. The van der Waals surface area contributed by atoms with Crippen LogP contribution in [-0.2, 0) is 4.79 Å². The monoisotopic (exact) mass is 421 g/mol. The Morgan fingerprint density at radius 3 is 1.97 bits per heavy atom. The fourth-order valence-electron chi connectivity index (χ4n) is 3.31. The van der Waals surface area contributed by atoms with E-state index in [0.717, 1.165) is 22.9 Å². The van der Waals surface area contributed by atoms with E-state index in [9.17, 15) is 15.2 Å². The summed E-state index contributed by atoms with van der Waals surface area (Å²) in [6.07, 6.45) is 0. The van der Waals surface area contributed by atoms with Gasteiger partial charge in [-0.1, -0.05) is 103 Å². The second-order valence-electron chi connectivity index (χ2n) is 6.81. The van der Waals surface area contributed by atoms with E-state index in [1.54, 1.807) is 24.3 Å². The van der Waals surface area contributed by atoms with Gasteiger partial charge >= 0.3 is 0 Å². The summed E-state index contributed by atoms with van der Waals surface area (Å²) < 4.78 is 0. The van der Waals surface area contributed by atoms with Gasteiger partial charge in [0.25, 0.3) is 0 Å². The predicted molar refractivity (Wildman–Crippen MR) is 120 cm³/mol. The number of carbonyl (C=O) groups excluding carboxylic acids is 1. The molecule has 5 heteroatoms. The maximum Gasteiger partial charge on any atom is 0.116 e. The summed E-state index contributed by atoms with van der Waals surface area (Å²) in [7, 11) is 0. The minimum absolute atomic E-state index is 0.345. The summed E-state index contributed by atoms with van der Waals surface area (Å²) in [6, 6.07) is 32.1. The number of rotatable bonds is 6. The van der Waals surface area contributed by atoms with E-state index in [2.05, 4.69) is 6.07 Å². The molecule has 0 spiro atoms. The number of pyridine rings is 1. The van der Waals surface area contributed by atoms with Gasteiger partial charge in [0, 0.05) is 11.1 Å². The highest BCUT2D eigenvalue weighted by Gasteiger charge is 2.21. The number of nitrogens with zero attached hydrogens (tertiary/aromatic N) is 2. The Bertz CT molecular complexity index is 1240. The third-order valence-corrected chi connectivity index (χ3v) is 6.02. The van der Waals surface area contributed by atoms with Crippen molar-refractivity contribution in [1.82, 2.24) is 4.98 Å². The molecule has 0 saturated carbocycles. The molecule has 0 bridgehead atoms. The van der Waals surface area contributed by atoms with Crippen molar-refractivity contribution >= 4 is 17.7 Å². The number of thioether (sulfide) groups is 1. The number of benzene rings is 3. The van der Waals surface area contributed by atoms with Crippen molar-refractivity contribution in [1.29, 1.82) is 5.26 Å². The van der Waals surface area contributed by atoms with Crippen LogP contribution in [0.25, 0.3) is 22.4 Å². The van der Waals surface area contributed by atoms with Gasteiger partial charge in [-0.2, -0.15) is 5.26 Å². The van der Waals surface area contributed by atoms with Gasteiger partial charge in [0.05, 0.1) is 22.5 Å². The topological polar surface area (TPSA) is 76.8 Å². The summed E-state index contributed by atoms with van der Waals surface area (Å²) in [5.41, 5.74) is 4.07. The quantitative estimate of drug-likeness (QED) is 0.415. The molecular formula is C26H17N2O2S-. The molecule has 0 unspecified atom stereocenters. The maximum atomic E-state index is 12.0. The molecule has 0 radical (unpaired) electrons. The fraction of sp³-hybridized carbons (Fsp3) is 0.0385. The van der Waals surface area contributed by atoms with Crippen LogP contribution in [0.2, 0.25) is 0 Å². The zero-order chi connectivity index (χ0) is 21.6. The molecule has 0 saturated heterocycles. The number of aromatic nitrogens is 1. The van der Waals surface area contributed by atoms with E-state index in [-0.39, 0.29) is 0 Å². The Kier molecular flexibility index (Phi) is 6.11. The van der Waals surface area contributed by atoms with E-state index in [4.69, 9.17) is 4.98 Å². The van der Waals surface area contributed by atoms with Crippen molar-refractivity contribution in [2.24, 2.45) is 0 Å². The first kappa shape index (κ1) is 20.4. The SMILES string of the molecule is N#Cc1c(-c2ccccc2)cc(-c2ccccc2)nc1S[C@@H](C(=O)[O-])c1ccccc1. The van der Waals surface area contributed by atoms with E-state index in [1.165, 1.54) is 0 Å². The van der Waals surface area contributed by atoms with E-state index in [0.29, 0.717) is 27.4 Å². The summed E-state index contributed by atoms with van der Waals surface area (Å²) in [5, 5.41) is 21.3. The number of hydrogen-bond acceptors (Lipinski definition) is 5. The van der Waals surface area contributed by atoms with Crippen molar-refractivity contribution in [2.45, 2.75) is 10.3 Å². The third kappa shape index (κ3) is 4.50. The van der Waals surface area contributed by atoms with Crippen molar-refractivity contribution in [3.63, 3.8) is 0 Å².